The molecule has 2 rings (SSSR count). The van der Waals surface area contributed by atoms with E-state index >= 15 is 0 Å². The Morgan fingerprint density at radius 2 is 2.00 bits per heavy atom. The van der Waals surface area contributed by atoms with Crippen molar-refractivity contribution in [2.24, 2.45) is 0 Å². The highest BCUT2D eigenvalue weighted by atomic mass is 16.7. The van der Waals surface area contributed by atoms with Crippen LogP contribution in [0, 0.1) is 0 Å². The van der Waals surface area contributed by atoms with Crippen LogP contribution in [0.2, 0.25) is 0 Å². The molecule has 0 aliphatic carbocycles. The number of hydroxylamine groups is 2. The van der Waals surface area contributed by atoms with Gasteiger partial charge in [-0.2, -0.15) is 0 Å². The molecule has 27 heavy (non-hydrogen) atoms. The van der Waals surface area contributed by atoms with E-state index in [0.717, 1.165) is 11.5 Å². The van der Waals surface area contributed by atoms with Gasteiger partial charge in [0.05, 0.1) is 7.11 Å². The Morgan fingerprint density at radius 1 is 1.30 bits per heavy atom. The van der Waals surface area contributed by atoms with Crippen LogP contribution in [0.5, 0.6) is 0 Å². The number of carbonyl (C=O) groups is 2. The number of hydrogen-bond donors (Lipinski definition) is 0. The van der Waals surface area contributed by atoms with Crippen LogP contribution in [0.3, 0.4) is 0 Å². The van der Waals surface area contributed by atoms with Gasteiger partial charge >= 0.3 is 6.09 Å². The topological polar surface area (TPSA) is 88.1 Å². The molecular formula is C18H29N5O4. The Hall–Kier alpha value is -2.42. The van der Waals surface area contributed by atoms with E-state index in [0.29, 0.717) is 25.6 Å². The summed E-state index contributed by atoms with van der Waals surface area (Å²) < 4.78 is 5.48. The van der Waals surface area contributed by atoms with Crippen LogP contribution in [0.15, 0.2) is 12.3 Å². The van der Waals surface area contributed by atoms with Gasteiger partial charge in [0.1, 0.15) is 11.3 Å². The molecule has 2 heterocycles. The molecule has 1 aromatic heterocycles. The van der Waals surface area contributed by atoms with Gasteiger partial charge in [-0.3, -0.25) is 9.63 Å². The molecule has 0 bridgehead atoms. The summed E-state index contributed by atoms with van der Waals surface area (Å²) in [6.45, 7) is 9.33. The van der Waals surface area contributed by atoms with E-state index in [1.165, 1.54) is 14.2 Å². The van der Waals surface area contributed by atoms with Gasteiger partial charge < -0.3 is 14.5 Å². The Labute approximate surface area is 160 Å². The molecular weight excluding hydrogens is 350 g/mol. The van der Waals surface area contributed by atoms with Crippen molar-refractivity contribution in [3.8, 4) is 0 Å². The molecule has 1 atom stereocenters. The molecule has 1 fully saturated rings. The van der Waals surface area contributed by atoms with E-state index < -0.39 is 5.60 Å². The lowest BCUT2D eigenvalue weighted by Crippen LogP contribution is -2.43. The number of rotatable bonds is 3. The zero-order valence-corrected chi connectivity index (χ0v) is 16.9. The molecule has 0 saturated carbocycles. The van der Waals surface area contributed by atoms with Crippen LogP contribution in [0.4, 0.5) is 10.7 Å². The molecule has 9 heteroatoms. The summed E-state index contributed by atoms with van der Waals surface area (Å²) in [5.74, 6) is 0.114. The molecule has 1 saturated heterocycles. The van der Waals surface area contributed by atoms with Gasteiger partial charge in [-0.1, -0.05) is 0 Å². The molecule has 9 nitrogen and oxygen atoms in total. The van der Waals surface area contributed by atoms with Crippen LogP contribution in [0.25, 0.3) is 0 Å². The number of nitrogens with zero attached hydrogens (tertiary/aromatic N) is 5. The van der Waals surface area contributed by atoms with Gasteiger partial charge in [-0.05, 0) is 40.2 Å². The van der Waals surface area contributed by atoms with Gasteiger partial charge in [0.2, 0.25) is 5.95 Å². The van der Waals surface area contributed by atoms with Crippen molar-refractivity contribution < 1.29 is 19.2 Å². The third-order valence-electron chi connectivity index (χ3n) is 4.17. The van der Waals surface area contributed by atoms with Crippen LogP contribution < -0.4 is 4.90 Å². The average molecular weight is 379 g/mol. The Kier molecular flexibility index (Phi) is 6.59. The van der Waals surface area contributed by atoms with Gasteiger partial charge in [0.15, 0.2) is 0 Å². The summed E-state index contributed by atoms with van der Waals surface area (Å²) in [5.41, 5.74) is -0.276. The third-order valence-corrected chi connectivity index (χ3v) is 4.17. The minimum absolute atomic E-state index is 0.0227. The summed E-state index contributed by atoms with van der Waals surface area (Å²) in [6, 6.07) is 1.53. The minimum Gasteiger partial charge on any atom is -0.444 e. The summed E-state index contributed by atoms with van der Waals surface area (Å²) >= 11 is 0. The SMILES string of the molecule is CON(C)C(=O)c1ccnc(N2CCCN(C(=O)OC(C)(C)C)C[C@@H]2C)n1. The summed E-state index contributed by atoms with van der Waals surface area (Å²) in [4.78, 5) is 42.0. The third kappa shape index (κ3) is 5.53. The van der Waals surface area contributed by atoms with E-state index in [1.54, 1.807) is 17.2 Å². The molecule has 2 amide bonds. The van der Waals surface area contributed by atoms with Crippen molar-refractivity contribution in [1.29, 1.82) is 0 Å². The zero-order chi connectivity index (χ0) is 20.2. The van der Waals surface area contributed by atoms with Crippen molar-refractivity contribution in [2.75, 3.05) is 38.7 Å². The fraction of sp³-hybridized carbons (Fsp3) is 0.667. The van der Waals surface area contributed by atoms with E-state index in [9.17, 15) is 9.59 Å². The second-order valence-corrected chi connectivity index (χ2v) is 7.55. The van der Waals surface area contributed by atoms with Crippen molar-refractivity contribution >= 4 is 17.9 Å². The molecule has 150 valence electrons. The second-order valence-electron chi connectivity index (χ2n) is 7.55. The van der Waals surface area contributed by atoms with E-state index in [4.69, 9.17) is 9.57 Å². The van der Waals surface area contributed by atoms with E-state index in [-0.39, 0.29) is 23.7 Å². The molecule has 0 radical (unpaired) electrons. The smallest absolute Gasteiger partial charge is 0.410 e. The van der Waals surface area contributed by atoms with E-state index in [1.807, 2.05) is 32.6 Å². The van der Waals surface area contributed by atoms with Gasteiger partial charge in [0, 0.05) is 38.9 Å². The first-order chi connectivity index (χ1) is 12.6. The predicted molar refractivity (Wildman–Crippen MR) is 100 cm³/mol. The van der Waals surface area contributed by atoms with Crippen LogP contribution in [-0.2, 0) is 9.57 Å². The molecule has 1 aliphatic rings. The maximum absolute atomic E-state index is 12.4. The highest BCUT2D eigenvalue weighted by molar-refractivity contribution is 5.91. The highest BCUT2D eigenvalue weighted by Gasteiger charge is 2.29. The summed E-state index contributed by atoms with van der Waals surface area (Å²) in [5, 5.41) is 1.11. The number of hydrogen-bond acceptors (Lipinski definition) is 7. The lowest BCUT2D eigenvalue weighted by Gasteiger charge is -2.30. The molecule has 1 aliphatic heterocycles. The number of ether oxygens (including phenoxy) is 1. The molecule has 0 unspecified atom stereocenters. The maximum atomic E-state index is 12.4. The van der Waals surface area contributed by atoms with Crippen LogP contribution in [0.1, 0.15) is 44.6 Å². The van der Waals surface area contributed by atoms with Crippen LogP contribution >= 0.6 is 0 Å². The van der Waals surface area contributed by atoms with Crippen molar-refractivity contribution in [1.82, 2.24) is 19.9 Å². The first-order valence-corrected chi connectivity index (χ1v) is 9.02. The normalized spacial score (nSPS) is 18.1. The molecule has 1 aromatic rings. The van der Waals surface area contributed by atoms with Crippen molar-refractivity contribution in [3.05, 3.63) is 18.0 Å². The van der Waals surface area contributed by atoms with Gasteiger partial charge in [-0.15, -0.1) is 0 Å². The zero-order valence-electron chi connectivity index (χ0n) is 16.9. The van der Waals surface area contributed by atoms with Crippen molar-refractivity contribution in [3.63, 3.8) is 0 Å². The first-order valence-electron chi connectivity index (χ1n) is 9.02. The van der Waals surface area contributed by atoms with Crippen molar-refractivity contribution in [2.45, 2.75) is 45.8 Å². The Morgan fingerprint density at radius 3 is 2.63 bits per heavy atom. The van der Waals surface area contributed by atoms with Crippen LogP contribution in [-0.4, -0.2) is 77.4 Å². The lowest BCUT2D eigenvalue weighted by atomic mass is 10.2. The minimum atomic E-state index is -0.530. The monoisotopic (exact) mass is 379 g/mol. The number of anilines is 1. The number of aromatic nitrogens is 2. The maximum Gasteiger partial charge on any atom is 0.410 e. The number of carbonyl (C=O) groups excluding carboxylic acids is 2. The Balaban J connectivity index is 2.14. The van der Waals surface area contributed by atoms with Gasteiger partial charge in [-0.25, -0.2) is 19.8 Å². The fourth-order valence-corrected chi connectivity index (χ4v) is 2.80. The molecule has 0 N–H and O–H groups in total. The largest absolute Gasteiger partial charge is 0.444 e. The van der Waals surface area contributed by atoms with Gasteiger partial charge in [0.25, 0.3) is 5.91 Å². The number of amides is 2. The standard InChI is InChI=1S/C18H29N5O4/c1-13-12-22(17(25)27-18(2,3)4)10-7-11-23(13)16-19-9-8-14(20-16)15(24)21(5)26-6/h8-9,13H,7,10-12H2,1-6H3/t13-/m0/s1. The van der Waals surface area contributed by atoms with E-state index in [2.05, 4.69) is 9.97 Å². The predicted octanol–water partition coefficient (Wildman–Crippen LogP) is 1.95. The lowest BCUT2D eigenvalue weighted by molar-refractivity contribution is -0.0760. The fourth-order valence-electron chi connectivity index (χ4n) is 2.80. The Bertz CT molecular complexity index is 676. The summed E-state index contributed by atoms with van der Waals surface area (Å²) in [7, 11) is 2.94. The quantitative estimate of drug-likeness (QED) is 0.742. The molecule has 0 aromatic carbocycles. The average Bonchev–Trinajstić information content (AvgIpc) is 2.80. The second kappa shape index (κ2) is 8.51. The highest BCUT2D eigenvalue weighted by Crippen LogP contribution is 2.19. The first kappa shape index (κ1) is 20.9. The molecule has 0 spiro atoms. The summed E-state index contributed by atoms with van der Waals surface area (Å²) in [6.07, 6.45) is 1.99.